The molecule has 0 nitrogen and oxygen atoms in total. The van der Waals surface area contributed by atoms with Crippen LogP contribution in [-0.4, -0.2) is 0 Å². The standard InChI is InChI=1S/C42H24F6S/c43-41(44,45)35-21-34(22-36(24-35)42(46,47)48)29-11-9-26(10-12-29)31-16-14-28-13-15-30(19-33(28)20-31)25-5-7-27(8-6-25)32-17-18-40-38(23-32)37-3-1-2-4-39(37)49-40/h1-24H. The number of alkyl halides is 6. The molecule has 8 aromatic rings. The van der Waals surface area contributed by atoms with E-state index in [4.69, 9.17) is 0 Å². The Bertz CT molecular complexity index is 2470. The highest BCUT2D eigenvalue weighted by Gasteiger charge is 2.37. The van der Waals surface area contributed by atoms with Crippen LogP contribution in [0.3, 0.4) is 0 Å². The lowest BCUT2D eigenvalue weighted by molar-refractivity contribution is -0.143. The maximum atomic E-state index is 13.4. The van der Waals surface area contributed by atoms with Crippen LogP contribution in [0.2, 0.25) is 0 Å². The van der Waals surface area contributed by atoms with Gasteiger partial charge in [0, 0.05) is 20.2 Å². The Morgan fingerprint density at radius 1 is 0.327 bits per heavy atom. The van der Waals surface area contributed by atoms with E-state index in [2.05, 4.69) is 84.9 Å². The maximum Gasteiger partial charge on any atom is 0.416 e. The van der Waals surface area contributed by atoms with Crippen LogP contribution in [0, 0.1) is 0 Å². The Balaban J connectivity index is 1.07. The third-order valence-electron chi connectivity index (χ3n) is 8.91. The highest BCUT2D eigenvalue weighted by Crippen LogP contribution is 2.40. The van der Waals surface area contributed by atoms with E-state index in [0.717, 1.165) is 56.3 Å². The molecule has 0 atom stereocenters. The molecule has 0 aliphatic heterocycles. The first kappa shape index (κ1) is 30.9. The summed E-state index contributed by atoms with van der Waals surface area (Å²) >= 11 is 1.80. The fourth-order valence-electron chi connectivity index (χ4n) is 6.34. The first-order chi connectivity index (χ1) is 23.5. The summed E-state index contributed by atoms with van der Waals surface area (Å²) < 4.78 is 83.0. The fourth-order valence-corrected chi connectivity index (χ4v) is 7.43. The number of benzene rings is 7. The molecule has 0 aliphatic carbocycles. The van der Waals surface area contributed by atoms with E-state index in [-0.39, 0.29) is 17.2 Å². The molecule has 240 valence electrons. The van der Waals surface area contributed by atoms with Crippen LogP contribution in [0.15, 0.2) is 146 Å². The van der Waals surface area contributed by atoms with Crippen molar-refractivity contribution in [1.82, 2.24) is 0 Å². The second-order valence-electron chi connectivity index (χ2n) is 12.0. The van der Waals surface area contributed by atoms with Crippen LogP contribution >= 0.6 is 11.3 Å². The molecule has 0 aliphatic rings. The molecular formula is C42H24F6S. The number of hydrogen-bond donors (Lipinski definition) is 0. The van der Waals surface area contributed by atoms with E-state index in [0.29, 0.717) is 0 Å². The number of thiophene rings is 1. The largest absolute Gasteiger partial charge is 0.416 e. The Labute approximate surface area is 281 Å². The summed E-state index contributed by atoms with van der Waals surface area (Å²) in [7, 11) is 0. The minimum Gasteiger partial charge on any atom is -0.166 e. The molecular weight excluding hydrogens is 651 g/mol. The van der Waals surface area contributed by atoms with Crippen molar-refractivity contribution in [3.8, 4) is 44.5 Å². The summed E-state index contributed by atoms with van der Waals surface area (Å²) in [5, 5.41) is 4.57. The van der Waals surface area contributed by atoms with Gasteiger partial charge < -0.3 is 0 Å². The van der Waals surface area contributed by atoms with Gasteiger partial charge in [-0.25, -0.2) is 0 Å². The van der Waals surface area contributed by atoms with E-state index in [9.17, 15) is 26.3 Å². The van der Waals surface area contributed by atoms with E-state index in [1.54, 1.807) is 35.6 Å². The van der Waals surface area contributed by atoms with Crippen molar-refractivity contribution >= 4 is 42.3 Å². The number of fused-ring (bicyclic) bond motifs is 4. The zero-order valence-corrected chi connectivity index (χ0v) is 26.3. The van der Waals surface area contributed by atoms with Crippen LogP contribution in [0.5, 0.6) is 0 Å². The molecule has 7 aromatic carbocycles. The van der Waals surface area contributed by atoms with Crippen molar-refractivity contribution in [2.75, 3.05) is 0 Å². The highest BCUT2D eigenvalue weighted by molar-refractivity contribution is 7.25. The average molecular weight is 675 g/mol. The van der Waals surface area contributed by atoms with Gasteiger partial charge in [0.1, 0.15) is 0 Å². The van der Waals surface area contributed by atoms with Gasteiger partial charge in [0.2, 0.25) is 0 Å². The lowest BCUT2D eigenvalue weighted by Crippen LogP contribution is -2.11. The molecule has 0 unspecified atom stereocenters. The van der Waals surface area contributed by atoms with Crippen LogP contribution in [-0.2, 0) is 12.4 Å². The average Bonchev–Trinajstić information content (AvgIpc) is 3.48. The molecule has 7 heteroatoms. The van der Waals surface area contributed by atoms with E-state index >= 15 is 0 Å². The number of rotatable bonds is 4. The smallest absolute Gasteiger partial charge is 0.166 e. The minimum absolute atomic E-state index is 0.141. The van der Waals surface area contributed by atoms with Gasteiger partial charge in [-0.3, -0.25) is 0 Å². The van der Waals surface area contributed by atoms with Gasteiger partial charge in [0.05, 0.1) is 11.1 Å². The lowest BCUT2D eigenvalue weighted by atomic mass is 9.95. The summed E-state index contributed by atoms with van der Waals surface area (Å²) in [5.41, 5.74) is 3.51. The highest BCUT2D eigenvalue weighted by atomic mass is 32.1. The quantitative estimate of drug-likeness (QED) is 0.163. The van der Waals surface area contributed by atoms with Crippen molar-refractivity contribution in [3.63, 3.8) is 0 Å². The molecule has 0 fully saturated rings. The fraction of sp³-hybridized carbons (Fsp3) is 0.0476. The molecule has 49 heavy (non-hydrogen) atoms. The molecule has 0 bridgehead atoms. The summed E-state index contributed by atoms with van der Waals surface area (Å²) in [4.78, 5) is 0. The van der Waals surface area contributed by atoms with E-state index in [1.165, 1.54) is 20.2 Å². The molecule has 0 N–H and O–H groups in total. The van der Waals surface area contributed by atoms with Crippen molar-refractivity contribution in [1.29, 1.82) is 0 Å². The molecule has 1 heterocycles. The Morgan fingerprint density at radius 2 is 0.755 bits per heavy atom. The lowest BCUT2D eigenvalue weighted by Gasteiger charge is -2.14. The zero-order valence-electron chi connectivity index (χ0n) is 25.5. The summed E-state index contributed by atoms with van der Waals surface area (Å²) in [6, 6.07) is 44.0. The second-order valence-corrected chi connectivity index (χ2v) is 13.1. The van der Waals surface area contributed by atoms with Crippen LogP contribution in [0.1, 0.15) is 11.1 Å². The minimum atomic E-state index is -4.91. The van der Waals surface area contributed by atoms with Gasteiger partial charge in [0.15, 0.2) is 0 Å². The van der Waals surface area contributed by atoms with Crippen LogP contribution in [0.25, 0.3) is 75.5 Å². The zero-order chi connectivity index (χ0) is 33.9. The Kier molecular flexibility index (Phi) is 7.34. The SMILES string of the molecule is FC(F)(F)c1cc(-c2ccc(-c3ccc4ccc(-c5ccc(-c6ccc7sc8ccccc8c7c6)cc5)cc4c3)cc2)cc(C(F)(F)F)c1. The predicted octanol–water partition coefficient (Wildman–Crippen LogP) is 13.9. The van der Waals surface area contributed by atoms with E-state index < -0.39 is 23.5 Å². The van der Waals surface area contributed by atoms with Crippen LogP contribution < -0.4 is 0 Å². The third kappa shape index (κ3) is 5.95. The molecule has 0 spiro atoms. The van der Waals surface area contributed by atoms with Crippen molar-refractivity contribution < 1.29 is 26.3 Å². The monoisotopic (exact) mass is 674 g/mol. The van der Waals surface area contributed by atoms with Gasteiger partial charge in [-0.15, -0.1) is 11.3 Å². The van der Waals surface area contributed by atoms with Gasteiger partial charge in [-0.05, 0) is 104 Å². The Hall–Kier alpha value is -5.40. The first-order valence-electron chi connectivity index (χ1n) is 15.5. The van der Waals surface area contributed by atoms with Gasteiger partial charge >= 0.3 is 12.4 Å². The summed E-state index contributed by atoms with van der Waals surface area (Å²) in [5.74, 6) is 0. The van der Waals surface area contributed by atoms with Gasteiger partial charge in [-0.1, -0.05) is 97.1 Å². The topological polar surface area (TPSA) is 0 Å². The molecule has 0 saturated heterocycles. The summed E-state index contributed by atoms with van der Waals surface area (Å²) in [6.45, 7) is 0. The molecule has 0 saturated carbocycles. The number of halogens is 6. The first-order valence-corrected chi connectivity index (χ1v) is 16.3. The third-order valence-corrected chi connectivity index (χ3v) is 10.1. The maximum absolute atomic E-state index is 13.4. The molecule has 1 aromatic heterocycles. The summed E-state index contributed by atoms with van der Waals surface area (Å²) in [6.07, 6.45) is -9.81. The molecule has 0 radical (unpaired) electrons. The molecule has 0 amide bonds. The van der Waals surface area contributed by atoms with Crippen molar-refractivity contribution in [3.05, 3.63) is 157 Å². The second kappa shape index (κ2) is 11.6. The van der Waals surface area contributed by atoms with Gasteiger partial charge in [0.25, 0.3) is 0 Å². The van der Waals surface area contributed by atoms with Crippen molar-refractivity contribution in [2.45, 2.75) is 12.4 Å². The van der Waals surface area contributed by atoms with Crippen LogP contribution in [0.4, 0.5) is 26.3 Å². The predicted molar refractivity (Wildman–Crippen MR) is 189 cm³/mol. The Morgan fingerprint density at radius 3 is 1.29 bits per heavy atom. The normalized spacial score (nSPS) is 12.3. The van der Waals surface area contributed by atoms with Crippen molar-refractivity contribution in [2.24, 2.45) is 0 Å². The van der Waals surface area contributed by atoms with Gasteiger partial charge in [-0.2, -0.15) is 26.3 Å². The van der Waals surface area contributed by atoms with E-state index in [1.807, 2.05) is 18.2 Å². The molecule has 8 rings (SSSR count). The number of hydrogen-bond acceptors (Lipinski definition) is 1.